The van der Waals surface area contributed by atoms with Crippen LogP contribution in [0.15, 0.2) is 53.9 Å². The smallest absolute Gasteiger partial charge is 0.321 e. The number of carbonyl (C=O) groups excluding carboxylic acids is 2. The zero-order valence-electron chi connectivity index (χ0n) is 16.4. The van der Waals surface area contributed by atoms with Gasteiger partial charge in [0.05, 0.1) is 6.54 Å². The summed E-state index contributed by atoms with van der Waals surface area (Å²) < 4.78 is 13.0. The fourth-order valence-electron chi connectivity index (χ4n) is 2.58. The summed E-state index contributed by atoms with van der Waals surface area (Å²) in [5, 5.41) is 8.34. The van der Waals surface area contributed by atoms with E-state index in [0.717, 1.165) is 0 Å². The van der Waals surface area contributed by atoms with Crippen molar-refractivity contribution in [3.8, 4) is 0 Å². The third kappa shape index (κ3) is 5.77. The molecule has 1 aromatic heterocycles. The minimum atomic E-state index is -0.397. The molecule has 0 aliphatic carbocycles. The number of anilines is 2. The van der Waals surface area contributed by atoms with Crippen molar-refractivity contribution in [2.24, 2.45) is 0 Å². The Kier molecular flexibility index (Phi) is 7.02. The molecule has 0 atom stereocenters. The summed E-state index contributed by atoms with van der Waals surface area (Å²) in [5.41, 5.74) is 1.34. The molecule has 0 radical (unpaired) electrons. The summed E-state index contributed by atoms with van der Waals surface area (Å²) in [6, 6.07) is 12.0. The van der Waals surface area contributed by atoms with Crippen LogP contribution in [0.2, 0.25) is 5.02 Å². The number of thiazole rings is 1. The number of amides is 3. The highest BCUT2D eigenvalue weighted by molar-refractivity contribution is 7.09. The molecule has 0 fully saturated rings. The van der Waals surface area contributed by atoms with Gasteiger partial charge in [0.15, 0.2) is 0 Å². The molecule has 0 aliphatic heterocycles. The van der Waals surface area contributed by atoms with Crippen molar-refractivity contribution in [3.05, 3.63) is 75.5 Å². The Balaban J connectivity index is 1.65. The zero-order valence-corrected chi connectivity index (χ0v) is 17.9. The van der Waals surface area contributed by atoms with Gasteiger partial charge in [0.25, 0.3) is 5.91 Å². The minimum absolute atomic E-state index is 0.0855. The van der Waals surface area contributed by atoms with Gasteiger partial charge < -0.3 is 15.5 Å². The maximum absolute atomic E-state index is 13.0. The average molecular weight is 447 g/mol. The van der Waals surface area contributed by atoms with Gasteiger partial charge in [0, 0.05) is 27.8 Å². The highest BCUT2D eigenvalue weighted by Gasteiger charge is 2.20. The Labute approximate surface area is 182 Å². The fraction of sp³-hybridized carbons (Fsp3) is 0.190. The topological polar surface area (TPSA) is 74.3 Å². The summed E-state index contributed by atoms with van der Waals surface area (Å²) in [6.07, 6.45) is 0. The molecule has 9 heteroatoms. The van der Waals surface area contributed by atoms with E-state index in [1.807, 2.05) is 13.8 Å². The van der Waals surface area contributed by atoms with Gasteiger partial charge in [-0.2, -0.15) is 0 Å². The summed E-state index contributed by atoms with van der Waals surface area (Å²) in [6.45, 7) is 4.06. The second-order valence-corrected chi connectivity index (χ2v) is 8.13. The molecule has 3 rings (SSSR count). The number of hydrogen-bond acceptors (Lipinski definition) is 4. The Bertz CT molecular complexity index is 1020. The number of halogens is 2. The average Bonchev–Trinajstić information content (AvgIpc) is 3.18. The van der Waals surface area contributed by atoms with Crippen LogP contribution in [0.4, 0.5) is 20.6 Å². The molecule has 0 spiro atoms. The molecule has 0 saturated carbocycles. The van der Waals surface area contributed by atoms with Crippen molar-refractivity contribution in [3.63, 3.8) is 0 Å². The van der Waals surface area contributed by atoms with Crippen LogP contribution in [0.3, 0.4) is 0 Å². The van der Waals surface area contributed by atoms with Gasteiger partial charge in [-0.15, -0.1) is 11.3 Å². The number of rotatable bonds is 6. The first-order valence-corrected chi connectivity index (χ1v) is 10.4. The maximum Gasteiger partial charge on any atom is 0.322 e. The fourth-order valence-corrected chi connectivity index (χ4v) is 3.48. The molecule has 1 heterocycles. The molecule has 0 aliphatic rings. The molecule has 156 valence electrons. The minimum Gasteiger partial charge on any atom is -0.321 e. The van der Waals surface area contributed by atoms with Crippen LogP contribution in [0.25, 0.3) is 0 Å². The van der Waals surface area contributed by atoms with E-state index >= 15 is 0 Å². The lowest BCUT2D eigenvalue weighted by molar-refractivity contribution is 0.102. The van der Waals surface area contributed by atoms with Crippen LogP contribution in [-0.2, 0) is 6.54 Å². The summed E-state index contributed by atoms with van der Waals surface area (Å²) in [4.78, 5) is 31.0. The van der Waals surface area contributed by atoms with E-state index in [0.29, 0.717) is 21.4 Å². The summed E-state index contributed by atoms with van der Waals surface area (Å²) >= 11 is 7.17. The van der Waals surface area contributed by atoms with Crippen LogP contribution in [0.1, 0.15) is 29.3 Å². The lowest BCUT2D eigenvalue weighted by atomic mass is 10.3. The molecule has 0 saturated heterocycles. The predicted octanol–water partition coefficient (Wildman–Crippen LogP) is 5.63. The van der Waals surface area contributed by atoms with Crippen molar-refractivity contribution in [1.29, 1.82) is 0 Å². The molecule has 3 amide bonds. The van der Waals surface area contributed by atoms with E-state index in [2.05, 4.69) is 15.6 Å². The van der Waals surface area contributed by atoms with Crippen LogP contribution in [0.5, 0.6) is 0 Å². The normalized spacial score (nSPS) is 10.7. The molecule has 2 N–H and O–H groups in total. The molecule has 2 aromatic carbocycles. The summed E-state index contributed by atoms with van der Waals surface area (Å²) in [7, 11) is 0. The van der Waals surface area contributed by atoms with Gasteiger partial charge in [0.1, 0.15) is 16.5 Å². The van der Waals surface area contributed by atoms with E-state index in [4.69, 9.17) is 11.6 Å². The van der Waals surface area contributed by atoms with E-state index in [9.17, 15) is 14.0 Å². The first-order valence-electron chi connectivity index (χ1n) is 9.16. The molecule has 3 aromatic rings. The van der Waals surface area contributed by atoms with Crippen molar-refractivity contribution in [1.82, 2.24) is 9.88 Å². The maximum atomic E-state index is 13.0. The van der Waals surface area contributed by atoms with Crippen molar-refractivity contribution in [2.45, 2.75) is 26.4 Å². The van der Waals surface area contributed by atoms with Gasteiger partial charge in [-0.3, -0.25) is 4.79 Å². The number of hydrogen-bond donors (Lipinski definition) is 2. The standard InChI is InChI=1S/C21H20ClFN4O2S/c1-13(2)27(21(29)25-17-7-3-14(22)4-8-17)11-19-26-18(12-30-19)20(28)24-16-9-5-15(23)6-10-16/h3-10,12-13H,11H2,1-2H3,(H,24,28)(H,25,29). The molecule has 0 unspecified atom stereocenters. The zero-order chi connectivity index (χ0) is 21.7. The first kappa shape index (κ1) is 21.7. The largest absolute Gasteiger partial charge is 0.322 e. The number of nitrogens with one attached hydrogen (secondary N) is 2. The van der Waals surface area contributed by atoms with Crippen LogP contribution in [-0.4, -0.2) is 27.9 Å². The van der Waals surface area contributed by atoms with E-state index in [1.165, 1.54) is 35.6 Å². The number of carbonyl (C=O) groups is 2. The van der Waals surface area contributed by atoms with Gasteiger partial charge in [-0.05, 0) is 62.4 Å². The van der Waals surface area contributed by atoms with Crippen LogP contribution in [0, 0.1) is 5.82 Å². The lowest BCUT2D eigenvalue weighted by Gasteiger charge is -2.26. The van der Waals surface area contributed by atoms with Gasteiger partial charge >= 0.3 is 6.03 Å². The van der Waals surface area contributed by atoms with E-state index < -0.39 is 5.91 Å². The number of benzene rings is 2. The second-order valence-electron chi connectivity index (χ2n) is 6.75. The third-order valence-corrected chi connectivity index (χ3v) is 5.26. The van der Waals surface area contributed by atoms with Crippen molar-refractivity contribution in [2.75, 3.05) is 10.6 Å². The highest BCUT2D eigenvalue weighted by Crippen LogP contribution is 2.18. The SMILES string of the molecule is CC(C)N(Cc1nc(C(=O)Nc2ccc(F)cc2)cs1)C(=O)Nc1ccc(Cl)cc1. The molecule has 6 nitrogen and oxygen atoms in total. The van der Waals surface area contributed by atoms with E-state index in [1.54, 1.807) is 34.5 Å². The Morgan fingerprint density at radius 2 is 1.67 bits per heavy atom. The number of urea groups is 1. The van der Waals surface area contributed by atoms with Crippen LogP contribution < -0.4 is 10.6 Å². The Morgan fingerprint density at radius 1 is 1.07 bits per heavy atom. The molecule has 0 bridgehead atoms. The Morgan fingerprint density at radius 3 is 2.30 bits per heavy atom. The second kappa shape index (κ2) is 9.69. The predicted molar refractivity (Wildman–Crippen MR) is 118 cm³/mol. The lowest BCUT2D eigenvalue weighted by Crippen LogP contribution is -2.39. The van der Waals surface area contributed by atoms with Crippen molar-refractivity contribution < 1.29 is 14.0 Å². The molecular weight excluding hydrogens is 427 g/mol. The molecule has 30 heavy (non-hydrogen) atoms. The van der Waals surface area contributed by atoms with E-state index in [-0.39, 0.29) is 30.1 Å². The first-order chi connectivity index (χ1) is 14.3. The summed E-state index contributed by atoms with van der Waals surface area (Å²) in [5.74, 6) is -0.777. The third-order valence-electron chi connectivity index (χ3n) is 4.17. The van der Waals surface area contributed by atoms with Crippen molar-refractivity contribution >= 4 is 46.3 Å². The van der Waals surface area contributed by atoms with Crippen LogP contribution >= 0.6 is 22.9 Å². The Hall–Kier alpha value is -2.97. The monoisotopic (exact) mass is 446 g/mol. The highest BCUT2D eigenvalue weighted by atomic mass is 35.5. The quantitative estimate of drug-likeness (QED) is 0.515. The number of nitrogens with zero attached hydrogens (tertiary/aromatic N) is 2. The molecular formula is C21H20ClFN4O2S. The van der Waals surface area contributed by atoms with Gasteiger partial charge in [-0.1, -0.05) is 11.6 Å². The van der Waals surface area contributed by atoms with Gasteiger partial charge in [-0.25, -0.2) is 14.2 Å². The van der Waals surface area contributed by atoms with Gasteiger partial charge in [0.2, 0.25) is 0 Å². The number of aromatic nitrogens is 1.